The molecule has 1 aromatic heterocycles. The van der Waals surface area contributed by atoms with E-state index in [2.05, 4.69) is 13.8 Å². The lowest BCUT2D eigenvalue weighted by molar-refractivity contribution is 0.0732. The summed E-state index contributed by atoms with van der Waals surface area (Å²) in [5.41, 5.74) is 2.70. The van der Waals surface area contributed by atoms with Crippen LogP contribution in [-0.4, -0.2) is 15.0 Å². The molecule has 0 unspecified atom stereocenters. The van der Waals surface area contributed by atoms with Crippen LogP contribution in [0.3, 0.4) is 0 Å². The Hall–Kier alpha value is -2.05. The van der Waals surface area contributed by atoms with Crippen molar-refractivity contribution in [2.24, 2.45) is 0 Å². The molecule has 0 bridgehead atoms. The second kappa shape index (κ2) is 10.3. The molecule has 0 fully saturated rings. The van der Waals surface area contributed by atoms with Gasteiger partial charge in [-0.3, -0.25) is 4.18 Å². The Morgan fingerprint density at radius 3 is 2.03 bits per heavy atom. The highest BCUT2D eigenvalue weighted by Crippen LogP contribution is 2.36. The lowest BCUT2D eigenvalue weighted by Crippen LogP contribution is -2.18. The number of allylic oxidation sites excluding steroid dienone is 1. The van der Waals surface area contributed by atoms with Crippen LogP contribution in [0.15, 0.2) is 52.2 Å². The van der Waals surface area contributed by atoms with Crippen LogP contribution in [0.1, 0.15) is 94.8 Å². The predicted octanol–water partition coefficient (Wildman–Crippen LogP) is 6.65. The fourth-order valence-corrected chi connectivity index (χ4v) is 4.81. The maximum Gasteiger partial charge on any atom is 0.297 e. The molecule has 2 rings (SSSR count). The molecule has 0 spiro atoms. The minimum absolute atomic E-state index is 0.0368. The molecule has 30 heavy (non-hydrogen) atoms. The molecule has 0 N–H and O–H groups in total. The number of rotatable bonds is 10. The van der Waals surface area contributed by atoms with E-state index < -0.39 is 16.2 Å². The number of hydrogen-bond donors (Lipinski definition) is 0. The molecular weight excluding hydrogens is 400 g/mol. The molecule has 1 aromatic carbocycles. The third kappa shape index (κ3) is 5.76. The number of benzene rings is 1. The fourth-order valence-electron chi connectivity index (χ4n) is 3.22. The Balaban J connectivity index is 2.47. The van der Waals surface area contributed by atoms with Gasteiger partial charge < -0.3 is 9.15 Å². The first kappa shape index (κ1) is 24.2. The molecule has 0 saturated carbocycles. The van der Waals surface area contributed by atoms with E-state index in [4.69, 9.17) is 13.3 Å². The van der Waals surface area contributed by atoms with Gasteiger partial charge in [0, 0.05) is 0 Å². The average Bonchev–Trinajstić information content (AvgIpc) is 3.21. The fraction of sp³-hybridized carbons (Fsp3) is 0.500. The van der Waals surface area contributed by atoms with Crippen molar-refractivity contribution in [3.63, 3.8) is 0 Å². The second-order valence-corrected chi connectivity index (χ2v) is 9.89. The molecule has 1 atom stereocenters. The van der Waals surface area contributed by atoms with E-state index in [1.54, 1.807) is 18.2 Å². The Morgan fingerprint density at radius 2 is 1.60 bits per heavy atom. The third-order valence-corrected chi connectivity index (χ3v) is 6.36. The van der Waals surface area contributed by atoms with Gasteiger partial charge in [0.15, 0.2) is 6.10 Å². The van der Waals surface area contributed by atoms with Gasteiger partial charge in [-0.15, -0.1) is 0 Å². The van der Waals surface area contributed by atoms with E-state index in [-0.39, 0.29) is 23.3 Å². The van der Waals surface area contributed by atoms with E-state index in [1.165, 1.54) is 12.5 Å². The smallest absolute Gasteiger partial charge is 0.297 e. The van der Waals surface area contributed by atoms with Crippen molar-refractivity contribution in [3.05, 3.63) is 65.3 Å². The first-order valence-electron chi connectivity index (χ1n) is 10.5. The van der Waals surface area contributed by atoms with Crippen molar-refractivity contribution in [1.82, 2.24) is 0 Å². The van der Waals surface area contributed by atoms with Gasteiger partial charge in [0.2, 0.25) is 0 Å². The Kier molecular flexibility index (Phi) is 8.33. The number of hydrogen-bond acceptors (Lipinski definition) is 5. The molecule has 6 heteroatoms. The molecule has 166 valence electrons. The summed E-state index contributed by atoms with van der Waals surface area (Å²) in [6.07, 6.45) is 4.09. The zero-order chi connectivity index (χ0) is 22.5. The minimum Gasteiger partial charge on any atom is -0.488 e. The van der Waals surface area contributed by atoms with Gasteiger partial charge in [0.05, 0.1) is 12.5 Å². The van der Waals surface area contributed by atoms with E-state index >= 15 is 0 Å². The summed E-state index contributed by atoms with van der Waals surface area (Å²) in [7, 11) is -4.01. The second-order valence-electron chi connectivity index (χ2n) is 8.34. The highest BCUT2D eigenvalue weighted by atomic mass is 32.2. The van der Waals surface area contributed by atoms with E-state index in [0.717, 1.165) is 16.7 Å². The van der Waals surface area contributed by atoms with Crippen LogP contribution in [0.2, 0.25) is 0 Å². The summed E-state index contributed by atoms with van der Waals surface area (Å²) in [5, 5.41) is 0. The zero-order valence-electron chi connectivity index (χ0n) is 19.0. The summed E-state index contributed by atoms with van der Waals surface area (Å²) in [5.74, 6) is 0.881. The maximum absolute atomic E-state index is 13.4. The first-order valence-corrected chi connectivity index (χ1v) is 11.9. The monoisotopic (exact) mass is 434 g/mol. The minimum atomic E-state index is -4.01. The summed E-state index contributed by atoms with van der Waals surface area (Å²) in [6.45, 7) is 13.9. The van der Waals surface area contributed by atoms with E-state index in [0.29, 0.717) is 11.7 Å². The molecule has 0 aliphatic carbocycles. The topological polar surface area (TPSA) is 65.7 Å². The van der Waals surface area contributed by atoms with Gasteiger partial charge in [-0.05, 0) is 53.5 Å². The molecule has 0 aliphatic heterocycles. The molecule has 1 heterocycles. The van der Waals surface area contributed by atoms with Crippen LogP contribution in [-0.2, 0) is 19.0 Å². The van der Waals surface area contributed by atoms with Crippen molar-refractivity contribution >= 4 is 10.1 Å². The van der Waals surface area contributed by atoms with Crippen molar-refractivity contribution < 1.29 is 21.8 Å². The summed E-state index contributed by atoms with van der Waals surface area (Å²) >= 11 is 0. The average molecular weight is 435 g/mol. The summed E-state index contributed by atoms with van der Waals surface area (Å²) < 4.78 is 43.3. The molecule has 5 nitrogen and oxygen atoms in total. The van der Waals surface area contributed by atoms with Crippen LogP contribution in [0.5, 0.6) is 0 Å². The normalized spacial score (nSPS) is 13.7. The quantitative estimate of drug-likeness (QED) is 0.309. The van der Waals surface area contributed by atoms with Crippen molar-refractivity contribution in [3.8, 4) is 0 Å². The first-order chi connectivity index (χ1) is 14.1. The SMILES string of the molecule is C/C=C\O[C@H](COS(=O)(=O)c1c(C(C)C)cc(C(C)C)cc1C(C)C)c1ccco1. The van der Waals surface area contributed by atoms with E-state index in [9.17, 15) is 8.42 Å². The zero-order valence-corrected chi connectivity index (χ0v) is 19.8. The lowest BCUT2D eigenvalue weighted by Gasteiger charge is -2.23. The predicted molar refractivity (Wildman–Crippen MR) is 119 cm³/mol. The lowest BCUT2D eigenvalue weighted by atomic mass is 9.89. The standard InChI is InChI=1S/C24H34O5S/c1-8-11-27-23(22-10-9-12-28-22)15-29-30(25,26)24-20(17(4)5)13-19(16(2)3)14-21(24)18(6)7/h8-14,16-18,23H,15H2,1-7H3/b11-8-/t23-/m1/s1. The summed E-state index contributed by atoms with van der Waals surface area (Å²) in [4.78, 5) is 0.279. The highest BCUT2D eigenvalue weighted by molar-refractivity contribution is 7.86. The largest absolute Gasteiger partial charge is 0.488 e. The van der Waals surface area contributed by atoms with Crippen molar-refractivity contribution in [2.45, 2.75) is 77.2 Å². The Bertz CT molecular complexity index is 909. The van der Waals surface area contributed by atoms with Crippen LogP contribution >= 0.6 is 0 Å². The molecular formula is C24H34O5S. The van der Waals surface area contributed by atoms with Crippen LogP contribution < -0.4 is 0 Å². The van der Waals surface area contributed by atoms with Gasteiger partial charge in [-0.2, -0.15) is 8.42 Å². The number of ether oxygens (including phenoxy) is 1. The van der Waals surface area contributed by atoms with Gasteiger partial charge >= 0.3 is 0 Å². The van der Waals surface area contributed by atoms with Crippen LogP contribution in [0.4, 0.5) is 0 Å². The van der Waals surface area contributed by atoms with Gasteiger partial charge in [-0.25, -0.2) is 0 Å². The van der Waals surface area contributed by atoms with Crippen molar-refractivity contribution in [2.75, 3.05) is 6.61 Å². The molecule has 0 amide bonds. The maximum atomic E-state index is 13.4. The summed E-state index contributed by atoms with van der Waals surface area (Å²) in [6, 6.07) is 7.46. The molecule has 0 aliphatic rings. The highest BCUT2D eigenvalue weighted by Gasteiger charge is 2.29. The molecule has 2 aromatic rings. The van der Waals surface area contributed by atoms with Gasteiger partial charge in [-0.1, -0.05) is 59.8 Å². The van der Waals surface area contributed by atoms with Gasteiger partial charge in [0.1, 0.15) is 17.3 Å². The van der Waals surface area contributed by atoms with Gasteiger partial charge in [0.25, 0.3) is 10.1 Å². The van der Waals surface area contributed by atoms with Crippen LogP contribution in [0.25, 0.3) is 0 Å². The van der Waals surface area contributed by atoms with Crippen molar-refractivity contribution in [1.29, 1.82) is 0 Å². The number of furan rings is 1. The van der Waals surface area contributed by atoms with Crippen LogP contribution in [0, 0.1) is 0 Å². The molecule has 0 radical (unpaired) electrons. The Labute approximate surface area is 181 Å². The van der Waals surface area contributed by atoms with E-state index in [1.807, 2.05) is 46.8 Å². The molecule has 0 saturated heterocycles. The third-order valence-electron chi connectivity index (χ3n) is 4.94. The Morgan fingerprint density at radius 1 is 1.00 bits per heavy atom.